The Kier molecular flexibility index (Phi) is 3.12. The predicted molar refractivity (Wildman–Crippen MR) is 69.2 cm³/mol. The van der Waals surface area contributed by atoms with Crippen LogP contribution in [0.25, 0.3) is 0 Å². The summed E-state index contributed by atoms with van der Waals surface area (Å²) in [6.45, 7) is 5.43. The van der Waals surface area contributed by atoms with E-state index in [1.165, 1.54) is 31.5 Å². The number of hydrogen-bond acceptors (Lipinski definition) is 2. The van der Waals surface area contributed by atoms with Gasteiger partial charge in [-0.15, -0.1) is 0 Å². The highest BCUT2D eigenvalue weighted by Crippen LogP contribution is 2.38. The molecule has 0 N–H and O–H groups in total. The number of nitrogens with zero attached hydrogens (tertiary/aromatic N) is 1. The van der Waals surface area contributed by atoms with E-state index in [1.807, 2.05) is 12.1 Å². The summed E-state index contributed by atoms with van der Waals surface area (Å²) in [6, 6.07) is 8.20. The van der Waals surface area contributed by atoms with Crippen LogP contribution in [0.3, 0.4) is 0 Å². The van der Waals surface area contributed by atoms with Gasteiger partial charge in [-0.25, -0.2) is 0 Å². The summed E-state index contributed by atoms with van der Waals surface area (Å²) in [5.41, 5.74) is 1.89. The molecule has 1 spiro atoms. The van der Waals surface area contributed by atoms with E-state index in [9.17, 15) is 0 Å². The van der Waals surface area contributed by atoms with Gasteiger partial charge < -0.3 is 4.74 Å². The van der Waals surface area contributed by atoms with Crippen molar-refractivity contribution in [2.24, 2.45) is 5.41 Å². The van der Waals surface area contributed by atoms with Gasteiger partial charge in [0.1, 0.15) is 0 Å². The summed E-state index contributed by atoms with van der Waals surface area (Å²) in [5, 5.41) is 0.818. The van der Waals surface area contributed by atoms with E-state index >= 15 is 0 Å². The van der Waals surface area contributed by atoms with Gasteiger partial charge in [0.2, 0.25) is 0 Å². The molecule has 2 heterocycles. The molecule has 0 unspecified atom stereocenters. The van der Waals surface area contributed by atoms with Crippen molar-refractivity contribution in [2.45, 2.75) is 19.4 Å². The van der Waals surface area contributed by atoms with E-state index < -0.39 is 0 Å². The molecule has 2 nitrogen and oxygen atoms in total. The fraction of sp³-hybridized carbons (Fsp3) is 0.571. The lowest BCUT2D eigenvalue weighted by atomic mass is 9.77. The number of piperidine rings is 1. The maximum atomic E-state index is 5.89. The van der Waals surface area contributed by atoms with Crippen LogP contribution >= 0.6 is 11.6 Å². The molecule has 3 heteroatoms. The lowest BCUT2D eigenvalue weighted by Gasteiger charge is -2.47. The van der Waals surface area contributed by atoms with Gasteiger partial charge in [-0.3, -0.25) is 4.90 Å². The van der Waals surface area contributed by atoms with Gasteiger partial charge in [-0.05, 0) is 43.6 Å². The molecule has 2 aliphatic heterocycles. The molecule has 1 aromatic carbocycles. The Morgan fingerprint density at radius 2 is 1.76 bits per heavy atom. The number of hydrogen-bond donors (Lipinski definition) is 0. The number of likely N-dealkylation sites (tertiary alicyclic amines) is 1. The minimum Gasteiger partial charge on any atom is -0.380 e. The normalized spacial score (nSPS) is 23.6. The monoisotopic (exact) mass is 251 g/mol. The fourth-order valence-corrected chi connectivity index (χ4v) is 2.84. The molecule has 2 fully saturated rings. The SMILES string of the molecule is Clc1ccc(CN2CCC3(CC2)COC3)cc1. The van der Waals surface area contributed by atoms with Gasteiger partial charge in [-0.2, -0.15) is 0 Å². The van der Waals surface area contributed by atoms with E-state index in [0.29, 0.717) is 5.41 Å². The minimum absolute atomic E-state index is 0.538. The van der Waals surface area contributed by atoms with E-state index in [0.717, 1.165) is 24.8 Å². The van der Waals surface area contributed by atoms with Gasteiger partial charge >= 0.3 is 0 Å². The van der Waals surface area contributed by atoms with Crippen LogP contribution in [0.2, 0.25) is 5.02 Å². The third-order valence-corrected chi connectivity index (χ3v) is 4.30. The standard InChI is InChI=1S/C14H18ClNO/c15-13-3-1-12(2-4-13)9-16-7-5-14(6-8-16)10-17-11-14/h1-4H,5-11H2. The molecule has 3 rings (SSSR count). The molecule has 0 atom stereocenters. The zero-order valence-electron chi connectivity index (χ0n) is 9.99. The van der Waals surface area contributed by atoms with Crippen molar-refractivity contribution in [3.8, 4) is 0 Å². The third kappa shape index (κ3) is 2.49. The average molecular weight is 252 g/mol. The molecule has 0 amide bonds. The molecule has 0 saturated carbocycles. The van der Waals surface area contributed by atoms with Crippen LogP contribution in [-0.2, 0) is 11.3 Å². The van der Waals surface area contributed by atoms with Crippen molar-refractivity contribution in [3.05, 3.63) is 34.9 Å². The maximum Gasteiger partial charge on any atom is 0.0545 e. The quantitative estimate of drug-likeness (QED) is 0.801. The van der Waals surface area contributed by atoms with Crippen LogP contribution in [0, 0.1) is 5.41 Å². The summed E-state index contributed by atoms with van der Waals surface area (Å²) in [6.07, 6.45) is 2.58. The van der Waals surface area contributed by atoms with Crippen molar-refractivity contribution in [1.82, 2.24) is 4.90 Å². The molecule has 0 aliphatic carbocycles. The van der Waals surface area contributed by atoms with Crippen molar-refractivity contribution in [3.63, 3.8) is 0 Å². The molecule has 1 aromatic rings. The van der Waals surface area contributed by atoms with Crippen LogP contribution < -0.4 is 0 Å². The van der Waals surface area contributed by atoms with Crippen LogP contribution in [0.1, 0.15) is 18.4 Å². The molecule has 2 saturated heterocycles. The highest BCUT2D eigenvalue weighted by atomic mass is 35.5. The Morgan fingerprint density at radius 3 is 2.29 bits per heavy atom. The average Bonchev–Trinajstić information content (AvgIpc) is 2.31. The van der Waals surface area contributed by atoms with E-state index in [4.69, 9.17) is 16.3 Å². The second kappa shape index (κ2) is 4.60. The Hall–Kier alpha value is -0.570. The van der Waals surface area contributed by atoms with Crippen molar-refractivity contribution >= 4 is 11.6 Å². The molecule has 0 aromatic heterocycles. The lowest BCUT2D eigenvalue weighted by molar-refractivity contribution is -0.140. The molecule has 92 valence electrons. The molecule has 0 radical (unpaired) electrons. The molecule has 0 bridgehead atoms. The fourth-order valence-electron chi connectivity index (χ4n) is 2.71. The highest BCUT2D eigenvalue weighted by Gasteiger charge is 2.40. The van der Waals surface area contributed by atoms with E-state index in [-0.39, 0.29) is 0 Å². The van der Waals surface area contributed by atoms with Gasteiger partial charge in [-0.1, -0.05) is 23.7 Å². The van der Waals surface area contributed by atoms with Crippen LogP contribution in [0.4, 0.5) is 0 Å². The second-order valence-electron chi connectivity index (χ2n) is 5.40. The first-order valence-corrected chi connectivity index (χ1v) is 6.68. The van der Waals surface area contributed by atoms with Crippen LogP contribution in [0.15, 0.2) is 24.3 Å². The summed E-state index contributed by atoms with van der Waals surface area (Å²) in [7, 11) is 0. The molecule has 2 aliphatic rings. The Labute approximate surface area is 108 Å². The smallest absolute Gasteiger partial charge is 0.0545 e. The highest BCUT2D eigenvalue weighted by molar-refractivity contribution is 6.30. The summed E-state index contributed by atoms with van der Waals surface area (Å²) >= 11 is 5.89. The predicted octanol–water partition coefficient (Wildman–Crippen LogP) is 2.95. The largest absolute Gasteiger partial charge is 0.380 e. The van der Waals surface area contributed by atoms with Crippen LogP contribution in [0.5, 0.6) is 0 Å². The van der Waals surface area contributed by atoms with Crippen LogP contribution in [-0.4, -0.2) is 31.2 Å². The topological polar surface area (TPSA) is 12.5 Å². The Balaban J connectivity index is 1.55. The second-order valence-corrected chi connectivity index (χ2v) is 5.83. The summed E-state index contributed by atoms with van der Waals surface area (Å²) in [5.74, 6) is 0. The molecular weight excluding hydrogens is 234 g/mol. The van der Waals surface area contributed by atoms with Crippen molar-refractivity contribution in [2.75, 3.05) is 26.3 Å². The summed E-state index contributed by atoms with van der Waals surface area (Å²) in [4.78, 5) is 2.53. The number of halogens is 1. The van der Waals surface area contributed by atoms with Gasteiger partial charge in [0.15, 0.2) is 0 Å². The van der Waals surface area contributed by atoms with E-state index in [1.54, 1.807) is 0 Å². The van der Waals surface area contributed by atoms with E-state index in [2.05, 4.69) is 17.0 Å². The third-order valence-electron chi connectivity index (χ3n) is 4.05. The summed E-state index contributed by atoms with van der Waals surface area (Å²) < 4.78 is 5.35. The van der Waals surface area contributed by atoms with Gasteiger partial charge in [0.05, 0.1) is 13.2 Å². The first-order chi connectivity index (χ1) is 8.26. The first-order valence-electron chi connectivity index (χ1n) is 6.30. The van der Waals surface area contributed by atoms with Gasteiger partial charge in [0.25, 0.3) is 0 Å². The van der Waals surface area contributed by atoms with Gasteiger partial charge in [0, 0.05) is 17.0 Å². The number of rotatable bonds is 2. The Bertz CT molecular complexity index is 376. The number of benzene rings is 1. The zero-order chi connectivity index (χ0) is 11.7. The molecular formula is C14H18ClNO. The zero-order valence-corrected chi connectivity index (χ0v) is 10.7. The Morgan fingerprint density at radius 1 is 1.12 bits per heavy atom. The first kappa shape index (κ1) is 11.5. The number of ether oxygens (including phenoxy) is 1. The molecule has 17 heavy (non-hydrogen) atoms. The minimum atomic E-state index is 0.538. The lowest BCUT2D eigenvalue weighted by Crippen LogP contribution is -2.50. The van der Waals surface area contributed by atoms with Crippen molar-refractivity contribution in [1.29, 1.82) is 0 Å². The maximum absolute atomic E-state index is 5.89. The van der Waals surface area contributed by atoms with Crippen molar-refractivity contribution < 1.29 is 4.74 Å².